The Kier molecular flexibility index (Phi) is 4.60. The minimum atomic E-state index is -0.312. The lowest BCUT2D eigenvalue weighted by atomic mass is 9.83. The molecule has 0 amide bonds. The van der Waals surface area contributed by atoms with Gasteiger partial charge in [0.2, 0.25) is 0 Å². The summed E-state index contributed by atoms with van der Waals surface area (Å²) in [6, 6.07) is 5.08. The minimum Gasteiger partial charge on any atom is -0.494 e. The zero-order valence-corrected chi connectivity index (χ0v) is 10.8. The molecule has 0 aromatic heterocycles. The lowest BCUT2D eigenvalue weighted by molar-refractivity contribution is 0.353. The van der Waals surface area contributed by atoms with Crippen LogP contribution in [-0.2, 0) is 6.42 Å². The summed E-state index contributed by atoms with van der Waals surface area (Å²) in [7, 11) is 1.47. The van der Waals surface area contributed by atoms with E-state index in [1.54, 1.807) is 6.07 Å². The highest BCUT2D eigenvalue weighted by atomic mass is 35.5. The zero-order chi connectivity index (χ0) is 12.2. The third kappa shape index (κ3) is 3.11. The highest BCUT2D eigenvalue weighted by Crippen LogP contribution is 2.29. The van der Waals surface area contributed by atoms with E-state index in [1.807, 2.05) is 6.07 Å². The first kappa shape index (κ1) is 13.3. The second kappa shape index (κ2) is 5.53. The van der Waals surface area contributed by atoms with E-state index in [0.29, 0.717) is 5.88 Å². The van der Waals surface area contributed by atoms with Crippen molar-refractivity contribution in [3.63, 3.8) is 0 Å². The van der Waals surface area contributed by atoms with Crippen LogP contribution in [0.4, 0.5) is 4.39 Å². The van der Waals surface area contributed by atoms with Crippen LogP contribution in [0, 0.1) is 11.2 Å². The van der Waals surface area contributed by atoms with Gasteiger partial charge in [0.15, 0.2) is 11.6 Å². The molecule has 1 atom stereocenters. The fourth-order valence-electron chi connectivity index (χ4n) is 1.58. The van der Waals surface area contributed by atoms with Crippen LogP contribution in [0.1, 0.15) is 25.8 Å². The number of rotatable bonds is 5. The van der Waals surface area contributed by atoms with Gasteiger partial charge in [-0.05, 0) is 36.0 Å². The number of ether oxygens (including phenoxy) is 1. The molecule has 0 heterocycles. The van der Waals surface area contributed by atoms with E-state index in [9.17, 15) is 4.39 Å². The van der Waals surface area contributed by atoms with Crippen molar-refractivity contribution in [3.8, 4) is 5.75 Å². The highest BCUT2D eigenvalue weighted by molar-refractivity contribution is 6.18. The maximum atomic E-state index is 13.5. The normalized spacial score (nSPS) is 14.6. The van der Waals surface area contributed by atoms with Crippen LogP contribution in [0.3, 0.4) is 0 Å². The van der Waals surface area contributed by atoms with Crippen LogP contribution in [0.5, 0.6) is 5.75 Å². The van der Waals surface area contributed by atoms with Gasteiger partial charge in [-0.2, -0.15) is 0 Å². The summed E-state index contributed by atoms with van der Waals surface area (Å²) in [5.74, 6) is 0.554. The lowest BCUT2D eigenvalue weighted by Crippen LogP contribution is -2.20. The predicted octanol–water partition coefficient (Wildman–Crippen LogP) is 4.03. The molecule has 0 fully saturated rings. The van der Waals surface area contributed by atoms with Crippen LogP contribution in [0.15, 0.2) is 18.2 Å². The number of methoxy groups -OCH3 is 1. The zero-order valence-electron chi connectivity index (χ0n) is 10.0. The van der Waals surface area contributed by atoms with Crippen LogP contribution in [-0.4, -0.2) is 13.0 Å². The van der Waals surface area contributed by atoms with E-state index in [1.165, 1.54) is 13.2 Å². The van der Waals surface area contributed by atoms with Gasteiger partial charge in [-0.3, -0.25) is 0 Å². The quantitative estimate of drug-likeness (QED) is 0.711. The summed E-state index contributed by atoms with van der Waals surface area (Å²) < 4.78 is 18.4. The SMILES string of the molecule is CCC(C)(CCl)Cc1ccc(OC)c(F)c1. The molecule has 0 aliphatic rings. The monoisotopic (exact) mass is 244 g/mol. The first-order valence-electron chi connectivity index (χ1n) is 5.43. The standard InChI is InChI=1S/C13H18ClFO/c1-4-13(2,9-14)8-10-5-6-12(16-3)11(15)7-10/h5-7H,4,8-9H2,1-3H3. The fraction of sp³-hybridized carbons (Fsp3) is 0.538. The lowest BCUT2D eigenvalue weighted by Gasteiger charge is -2.25. The van der Waals surface area contributed by atoms with Gasteiger partial charge in [0, 0.05) is 5.88 Å². The molecule has 0 radical (unpaired) electrons. The molecule has 1 aromatic rings. The number of alkyl halides is 1. The third-order valence-electron chi connectivity index (χ3n) is 3.02. The summed E-state index contributed by atoms with van der Waals surface area (Å²) in [4.78, 5) is 0. The fourth-order valence-corrected chi connectivity index (χ4v) is 1.86. The van der Waals surface area contributed by atoms with Gasteiger partial charge in [-0.15, -0.1) is 11.6 Å². The summed E-state index contributed by atoms with van der Waals surface area (Å²) in [5.41, 5.74) is 0.992. The second-order valence-corrected chi connectivity index (χ2v) is 4.71. The molecule has 1 nitrogen and oxygen atoms in total. The molecule has 3 heteroatoms. The van der Waals surface area contributed by atoms with Crippen molar-refractivity contribution >= 4 is 11.6 Å². The van der Waals surface area contributed by atoms with Crippen molar-refractivity contribution in [1.29, 1.82) is 0 Å². The Labute approximate surface area is 102 Å². The van der Waals surface area contributed by atoms with Crippen LogP contribution in [0.2, 0.25) is 0 Å². The van der Waals surface area contributed by atoms with E-state index in [0.717, 1.165) is 18.4 Å². The molecule has 0 aliphatic carbocycles. The van der Waals surface area contributed by atoms with Gasteiger partial charge in [0.05, 0.1) is 7.11 Å². The Bertz CT molecular complexity index is 348. The van der Waals surface area contributed by atoms with Gasteiger partial charge in [0.25, 0.3) is 0 Å². The molecule has 0 saturated carbocycles. The Morgan fingerprint density at radius 2 is 2.12 bits per heavy atom. The first-order chi connectivity index (χ1) is 7.54. The largest absolute Gasteiger partial charge is 0.494 e. The number of benzene rings is 1. The number of hydrogen-bond acceptors (Lipinski definition) is 1. The predicted molar refractivity (Wildman–Crippen MR) is 65.8 cm³/mol. The highest BCUT2D eigenvalue weighted by Gasteiger charge is 2.21. The van der Waals surface area contributed by atoms with Crippen molar-refractivity contribution in [2.24, 2.45) is 5.41 Å². The Hall–Kier alpha value is -0.760. The molecule has 90 valence electrons. The van der Waals surface area contributed by atoms with Gasteiger partial charge < -0.3 is 4.74 Å². The van der Waals surface area contributed by atoms with Gasteiger partial charge >= 0.3 is 0 Å². The smallest absolute Gasteiger partial charge is 0.165 e. The second-order valence-electron chi connectivity index (χ2n) is 4.44. The maximum absolute atomic E-state index is 13.5. The van der Waals surface area contributed by atoms with E-state index < -0.39 is 0 Å². The van der Waals surface area contributed by atoms with E-state index in [-0.39, 0.29) is 17.0 Å². The van der Waals surface area contributed by atoms with Gasteiger partial charge in [-0.1, -0.05) is 19.9 Å². The molecule has 0 N–H and O–H groups in total. The molecule has 0 saturated heterocycles. The molecular weight excluding hydrogens is 227 g/mol. The molecule has 0 aliphatic heterocycles. The molecule has 1 rings (SSSR count). The van der Waals surface area contributed by atoms with Crippen LogP contribution >= 0.6 is 11.6 Å². The van der Waals surface area contributed by atoms with Crippen molar-refractivity contribution in [3.05, 3.63) is 29.6 Å². The maximum Gasteiger partial charge on any atom is 0.165 e. The summed E-state index contributed by atoms with van der Waals surface area (Å²) in [5, 5.41) is 0. The average Bonchev–Trinajstić information content (AvgIpc) is 2.29. The van der Waals surface area contributed by atoms with Crippen LogP contribution in [0.25, 0.3) is 0 Å². The third-order valence-corrected chi connectivity index (χ3v) is 3.67. The summed E-state index contributed by atoms with van der Waals surface area (Å²) >= 11 is 5.94. The van der Waals surface area contributed by atoms with Gasteiger partial charge in [-0.25, -0.2) is 4.39 Å². The van der Waals surface area contributed by atoms with E-state index in [2.05, 4.69) is 13.8 Å². The molecule has 1 unspecified atom stereocenters. The number of hydrogen-bond donors (Lipinski definition) is 0. The van der Waals surface area contributed by atoms with Crippen molar-refractivity contribution < 1.29 is 9.13 Å². The van der Waals surface area contributed by atoms with Crippen molar-refractivity contribution in [2.75, 3.05) is 13.0 Å². The van der Waals surface area contributed by atoms with Crippen LogP contribution < -0.4 is 4.74 Å². The first-order valence-corrected chi connectivity index (χ1v) is 5.96. The molecule has 0 bridgehead atoms. The van der Waals surface area contributed by atoms with Crippen molar-refractivity contribution in [1.82, 2.24) is 0 Å². The minimum absolute atomic E-state index is 0.0303. The summed E-state index contributed by atoms with van der Waals surface area (Å²) in [6.45, 7) is 4.21. The Balaban J connectivity index is 2.86. The average molecular weight is 245 g/mol. The number of halogens is 2. The molecule has 16 heavy (non-hydrogen) atoms. The van der Waals surface area contributed by atoms with E-state index >= 15 is 0 Å². The Morgan fingerprint density at radius 3 is 2.56 bits per heavy atom. The summed E-state index contributed by atoms with van der Waals surface area (Å²) in [6.07, 6.45) is 1.76. The topological polar surface area (TPSA) is 9.23 Å². The van der Waals surface area contributed by atoms with Gasteiger partial charge in [0.1, 0.15) is 0 Å². The van der Waals surface area contributed by atoms with Crippen molar-refractivity contribution in [2.45, 2.75) is 26.7 Å². The molecule has 1 aromatic carbocycles. The van der Waals surface area contributed by atoms with E-state index in [4.69, 9.17) is 16.3 Å². The Morgan fingerprint density at radius 1 is 1.44 bits per heavy atom. The molecular formula is C13H18ClFO. The molecule has 0 spiro atoms.